The highest BCUT2D eigenvalue weighted by atomic mass is 16.5. The Hall–Kier alpha value is -2.21. The topological polar surface area (TPSA) is 75.5 Å². The molecule has 21 heavy (non-hydrogen) atoms. The van der Waals surface area contributed by atoms with E-state index in [-0.39, 0.29) is 11.7 Å². The predicted molar refractivity (Wildman–Crippen MR) is 78.7 cm³/mol. The lowest BCUT2D eigenvalue weighted by Gasteiger charge is -2.22. The predicted octanol–water partition coefficient (Wildman–Crippen LogP) is 1.94. The lowest BCUT2D eigenvalue weighted by Crippen LogP contribution is -2.29. The van der Waals surface area contributed by atoms with Gasteiger partial charge in [-0.2, -0.15) is 0 Å². The summed E-state index contributed by atoms with van der Waals surface area (Å²) in [5.74, 6) is -0.155. The van der Waals surface area contributed by atoms with Crippen molar-refractivity contribution in [1.82, 2.24) is 9.97 Å². The molecule has 6 nitrogen and oxygen atoms in total. The summed E-state index contributed by atoms with van der Waals surface area (Å²) < 4.78 is 5.64. The number of carbonyl (C=O) groups is 1. The Morgan fingerprint density at radius 3 is 3.05 bits per heavy atom. The molecule has 1 atom stereocenters. The fourth-order valence-electron chi connectivity index (χ4n) is 2.66. The van der Waals surface area contributed by atoms with E-state index in [1.54, 1.807) is 18.2 Å². The van der Waals surface area contributed by atoms with Gasteiger partial charge in [-0.3, -0.25) is 0 Å². The van der Waals surface area contributed by atoms with Crippen LogP contribution in [0.25, 0.3) is 10.9 Å². The van der Waals surface area contributed by atoms with Crippen LogP contribution in [0.4, 0.5) is 5.82 Å². The molecule has 0 radical (unpaired) electrons. The minimum atomic E-state index is -0.954. The third-order valence-corrected chi connectivity index (χ3v) is 3.73. The largest absolute Gasteiger partial charge is 0.478 e. The van der Waals surface area contributed by atoms with Crippen LogP contribution in [0.5, 0.6) is 0 Å². The Balaban J connectivity index is 1.92. The summed E-state index contributed by atoms with van der Waals surface area (Å²) in [5.41, 5.74) is 0.869. The van der Waals surface area contributed by atoms with Crippen molar-refractivity contribution in [3.8, 4) is 0 Å². The second kappa shape index (κ2) is 5.65. The molecule has 1 aliphatic rings. The first-order chi connectivity index (χ1) is 10.1. The summed E-state index contributed by atoms with van der Waals surface area (Å²) in [7, 11) is 1.97. The molecule has 1 aliphatic heterocycles. The number of hydrogen-bond donors (Lipinski definition) is 1. The van der Waals surface area contributed by atoms with E-state index in [2.05, 4.69) is 9.97 Å². The van der Waals surface area contributed by atoms with Crippen molar-refractivity contribution < 1.29 is 14.6 Å². The first kappa shape index (κ1) is 13.8. The summed E-state index contributed by atoms with van der Waals surface area (Å²) in [6.45, 7) is 1.60. The third-order valence-electron chi connectivity index (χ3n) is 3.73. The van der Waals surface area contributed by atoms with Crippen molar-refractivity contribution in [2.75, 3.05) is 25.1 Å². The Kier molecular flexibility index (Phi) is 3.70. The molecule has 2 heterocycles. The summed E-state index contributed by atoms with van der Waals surface area (Å²) in [4.78, 5) is 21.6. The van der Waals surface area contributed by atoms with Crippen LogP contribution >= 0.6 is 0 Å². The number of aromatic carboxylic acids is 1. The molecule has 1 N–H and O–H groups in total. The van der Waals surface area contributed by atoms with Gasteiger partial charge in [-0.25, -0.2) is 14.8 Å². The van der Waals surface area contributed by atoms with Crippen LogP contribution in [0.1, 0.15) is 23.2 Å². The average Bonchev–Trinajstić information content (AvgIpc) is 2.98. The maximum absolute atomic E-state index is 11.0. The van der Waals surface area contributed by atoms with E-state index < -0.39 is 5.97 Å². The van der Waals surface area contributed by atoms with Crippen LogP contribution < -0.4 is 4.90 Å². The van der Waals surface area contributed by atoms with E-state index in [9.17, 15) is 4.79 Å². The number of ether oxygens (including phenoxy) is 1. The molecular weight excluding hydrogens is 270 g/mol. The van der Waals surface area contributed by atoms with Crippen molar-refractivity contribution in [1.29, 1.82) is 0 Å². The van der Waals surface area contributed by atoms with Crippen LogP contribution in [0.3, 0.4) is 0 Å². The molecule has 1 saturated heterocycles. The number of benzene rings is 1. The van der Waals surface area contributed by atoms with Gasteiger partial charge in [0, 0.05) is 25.6 Å². The fourth-order valence-corrected chi connectivity index (χ4v) is 2.66. The van der Waals surface area contributed by atoms with Gasteiger partial charge in [0.15, 0.2) is 0 Å². The molecule has 0 aliphatic carbocycles. The number of aromatic nitrogens is 2. The molecule has 2 aromatic rings. The summed E-state index contributed by atoms with van der Waals surface area (Å²) >= 11 is 0. The van der Waals surface area contributed by atoms with E-state index >= 15 is 0 Å². The molecule has 3 rings (SSSR count). The number of carboxylic acid groups (broad SMARTS) is 1. The smallest absolute Gasteiger partial charge is 0.335 e. The normalized spacial score (nSPS) is 18.0. The highest BCUT2D eigenvalue weighted by Gasteiger charge is 2.19. The first-order valence-electron chi connectivity index (χ1n) is 6.96. The lowest BCUT2D eigenvalue weighted by atomic mass is 10.1. The summed E-state index contributed by atoms with van der Waals surface area (Å²) in [5, 5.41) is 9.89. The number of likely N-dealkylation sites (N-methyl/N-ethyl adjacent to an activating group) is 1. The second-order valence-electron chi connectivity index (χ2n) is 5.25. The zero-order chi connectivity index (χ0) is 14.8. The maximum Gasteiger partial charge on any atom is 0.335 e. The van der Waals surface area contributed by atoms with E-state index in [1.165, 1.54) is 6.33 Å². The van der Waals surface area contributed by atoms with Gasteiger partial charge in [0.05, 0.1) is 17.2 Å². The fraction of sp³-hybridized carbons (Fsp3) is 0.400. The van der Waals surface area contributed by atoms with Gasteiger partial charge in [0.2, 0.25) is 0 Å². The van der Waals surface area contributed by atoms with Gasteiger partial charge < -0.3 is 14.7 Å². The number of hydrogen-bond acceptors (Lipinski definition) is 5. The lowest BCUT2D eigenvalue weighted by molar-refractivity contribution is 0.0697. The Bertz CT molecular complexity index is 668. The van der Waals surface area contributed by atoms with Gasteiger partial charge in [0.1, 0.15) is 12.1 Å². The highest BCUT2D eigenvalue weighted by Crippen LogP contribution is 2.24. The van der Waals surface area contributed by atoms with E-state index in [1.807, 2.05) is 11.9 Å². The third kappa shape index (κ3) is 2.80. The summed E-state index contributed by atoms with van der Waals surface area (Å²) in [6, 6.07) is 4.92. The van der Waals surface area contributed by atoms with Crippen LogP contribution in [0.15, 0.2) is 24.5 Å². The van der Waals surface area contributed by atoms with Crippen molar-refractivity contribution in [2.24, 2.45) is 0 Å². The Morgan fingerprint density at radius 2 is 2.33 bits per heavy atom. The molecule has 0 spiro atoms. The minimum absolute atomic E-state index is 0.230. The summed E-state index contributed by atoms with van der Waals surface area (Å²) in [6.07, 6.45) is 3.87. The number of rotatable bonds is 4. The van der Waals surface area contributed by atoms with E-state index in [4.69, 9.17) is 9.84 Å². The van der Waals surface area contributed by atoms with Crippen LogP contribution in [-0.2, 0) is 4.74 Å². The van der Waals surface area contributed by atoms with Gasteiger partial charge in [-0.05, 0) is 31.0 Å². The van der Waals surface area contributed by atoms with Crippen molar-refractivity contribution in [3.05, 3.63) is 30.1 Å². The average molecular weight is 287 g/mol. The van der Waals surface area contributed by atoms with Gasteiger partial charge in [-0.1, -0.05) is 0 Å². The molecule has 1 aromatic heterocycles. The molecule has 0 bridgehead atoms. The molecule has 0 amide bonds. The molecular formula is C15H17N3O3. The quantitative estimate of drug-likeness (QED) is 0.926. The van der Waals surface area contributed by atoms with Crippen molar-refractivity contribution in [3.63, 3.8) is 0 Å². The first-order valence-corrected chi connectivity index (χ1v) is 6.96. The van der Waals surface area contributed by atoms with Crippen molar-refractivity contribution in [2.45, 2.75) is 18.9 Å². The molecule has 6 heteroatoms. The highest BCUT2D eigenvalue weighted by molar-refractivity contribution is 5.96. The van der Waals surface area contributed by atoms with Crippen LogP contribution in [0, 0.1) is 0 Å². The molecule has 1 unspecified atom stereocenters. The SMILES string of the molecule is CN(CC1CCCO1)c1ncnc2cc(C(=O)O)ccc12. The molecule has 0 saturated carbocycles. The molecule has 1 aromatic carbocycles. The standard InChI is InChI=1S/C15H17N3O3/c1-18(8-11-3-2-6-21-11)14-12-5-4-10(15(19)20)7-13(12)16-9-17-14/h4-5,7,9,11H,2-3,6,8H2,1H3,(H,19,20). The number of fused-ring (bicyclic) bond motifs is 1. The van der Waals surface area contributed by atoms with Crippen LogP contribution in [-0.4, -0.2) is 47.3 Å². The molecule has 110 valence electrons. The molecule has 1 fully saturated rings. The van der Waals surface area contributed by atoms with Crippen LogP contribution in [0.2, 0.25) is 0 Å². The van der Waals surface area contributed by atoms with Gasteiger partial charge in [-0.15, -0.1) is 0 Å². The second-order valence-corrected chi connectivity index (χ2v) is 5.25. The van der Waals surface area contributed by atoms with Gasteiger partial charge >= 0.3 is 5.97 Å². The van der Waals surface area contributed by atoms with Gasteiger partial charge in [0.25, 0.3) is 0 Å². The Morgan fingerprint density at radius 1 is 1.48 bits per heavy atom. The van der Waals surface area contributed by atoms with Crippen molar-refractivity contribution >= 4 is 22.7 Å². The maximum atomic E-state index is 11.0. The Labute approximate surface area is 122 Å². The van der Waals surface area contributed by atoms with E-state index in [0.29, 0.717) is 5.52 Å². The zero-order valence-electron chi connectivity index (χ0n) is 11.8. The monoisotopic (exact) mass is 287 g/mol. The minimum Gasteiger partial charge on any atom is -0.478 e. The number of anilines is 1. The van der Waals surface area contributed by atoms with E-state index in [0.717, 1.165) is 37.2 Å². The number of nitrogens with zero attached hydrogens (tertiary/aromatic N) is 3. The number of carboxylic acids is 1. The zero-order valence-corrected chi connectivity index (χ0v) is 11.8.